The van der Waals surface area contributed by atoms with E-state index in [0.717, 1.165) is 29.5 Å². The van der Waals surface area contributed by atoms with Gasteiger partial charge in [-0.3, -0.25) is 0 Å². The number of carbonyl (C=O) groups is 1. The van der Waals surface area contributed by atoms with Crippen LogP contribution in [0.1, 0.15) is 18.4 Å². The van der Waals surface area contributed by atoms with Crippen molar-refractivity contribution >= 4 is 23.5 Å². The first-order valence-electron chi connectivity index (χ1n) is 5.78. The van der Waals surface area contributed by atoms with Crippen molar-refractivity contribution < 1.29 is 20.2 Å². The number of nitrogens with zero attached hydrogens (tertiary/aromatic N) is 1. The molecule has 0 unspecified atom stereocenters. The van der Waals surface area contributed by atoms with E-state index in [9.17, 15) is 10.0 Å². The summed E-state index contributed by atoms with van der Waals surface area (Å²) >= 11 is 0. The lowest BCUT2D eigenvalue weighted by molar-refractivity contribution is -0.825. The first kappa shape index (κ1) is 12.5. The van der Waals surface area contributed by atoms with E-state index in [-0.39, 0.29) is 0 Å². The maximum absolute atomic E-state index is 10.3. The Hall–Kier alpha value is -1.92. The normalized spacial score (nSPS) is 14.2. The largest absolute Gasteiger partial charge is 0.493 e. The van der Waals surface area contributed by atoms with Gasteiger partial charge in [-0.15, -0.1) is 0 Å². The number of ether oxygens (including phenoxy) is 1. The second kappa shape index (κ2) is 5.61. The van der Waals surface area contributed by atoms with Gasteiger partial charge in [0, 0.05) is 37.0 Å². The molecule has 1 aromatic carbocycles. The fraction of sp³-hybridized carbons (Fsp3) is 0.333. The first-order chi connectivity index (χ1) is 8.74. The first-order valence-corrected chi connectivity index (χ1v) is 5.78. The van der Waals surface area contributed by atoms with Gasteiger partial charge in [0.1, 0.15) is 23.6 Å². The number of rotatable bonds is 5. The number of aliphatic imine (C=N–C) groups is 1. The van der Waals surface area contributed by atoms with Crippen LogP contribution < -0.4 is 16.0 Å². The minimum Gasteiger partial charge on any atom is -0.493 e. The van der Waals surface area contributed by atoms with Crippen LogP contribution in [-0.4, -0.2) is 23.9 Å². The quantitative estimate of drug-likeness (QED) is 0.228. The van der Waals surface area contributed by atoms with Crippen molar-refractivity contribution in [3.05, 3.63) is 17.7 Å². The van der Waals surface area contributed by atoms with Gasteiger partial charge in [0.15, 0.2) is 5.69 Å². The molecule has 5 N–H and O–H groups in total. The van der Waals surface area contributed by atoms with Crippen LogP contribution in [0.25, 0.3) is 0 Å². The zero-order chi connectivity index (χ0) is 13.0. The molecule has 0 radical (unpaired) electrons. The van der Waals surface area contributed by atoms with Crippen molar-refractivity contribution in [2.45, 2.75) is 19.3 Å². The molecular formula is C12H16N3O3+. The van der Waals surface area contributed by atoms with Crippen LogP contribution in [0.5, 0.6) is 5.75 Å². The van der Waals surface area contributed by atoms with Crippen molar-refractivity contribution in [2.24, 2.45) is 10.7 Å². The minimum absolute atomic E-state index is 0.342. The molecule has 2 rings (SSSR count). The molecule has 96 valence electrons. The summed E-state index contributed by atoms with van der Waals surface area (Å²) in [5.74, 6) is 1.14. The highest BCUT2D eigenvalue weighted by Gasteiger charge is 2.18. The molecule has 0 aliphatic carbocycles. The number of benzene rings is 1. The van der Waals surface area contributed by atoms with E-state index in [1.165, 1.54) is 0 Å². The predicted molar refractivity (Wildman–Crippen MR) is 65.6 cm³/mol. The second-order valence-corrected chi connectivity index (χ2v) is 4.05. The van der Waals surface area contributed by atoms with Crippen LogP contribution >= 0.6 is 0 Å². The van der Waals surface area contributed by atoms with E-state index < -0.39 is 0 Å². The molecule has 0 fully saturated rings. The van der Waals surface area contributed by atoms with Gasteiger partial charge in [-0.05, 0) is 0 Å². The SMILES string of the molecule is NC(CCC=O)=Nc1cc2c(cc1[NH2+]O)CCO2. The third kappa shape index (κ3) is 2.66. The molecule has 0 saturated carbocycles. The lowest BCUT2D eigenvalue weighted by atomic mass is 10.1. The zero-order valence-corrected chi connectivity index (χ0v) is 9.93. The molecule has 1 aliphatic rings. The fourth-order valence-electron chi connectivity index (χ4n) is 1.85. The molecule has 1 heterocycles. The van der Waals surface area contributed by atoms with Gasteiger partial charge in [0.25, 0.3) is 0 Å². The van der Waals surface area contributed by atoms with Crippen LogP contribution in [-0.2, 0) is 11.2 Å². The van der Waals surface area contributed by atoms with E-state index in [2.05, 4.69) is 4.99 Å². The van der Waals surface area contributed by atoms with Crippen LogP contribution in [0.15, 0.2) is 17.1 Å². The standard InChI is InChI=1S/C12H15N3O3/c13-12(2-1-4-16)14-9-7-11-8(3-5-18-11)6-10(9)15-17/h4,6-7,15,17H,1-3,5H2,(H2,13,14)/p+1. The lowest BCUT2D eigenvalue weighted by Crippen LogP contribution is -2.73. The zero-order valence-electron chi connectivity index (χ0n) is 9.93. The van der Waals surface area contributed by atoms with E-state index in [0.29, 0.717) is 36.7 Å². The summed E-state index contributed by atoms with van der Waals surface area (Å²) < 4.78 is 5.44. The van der Waals surface area contributed by atoms with Crippen LogP contribution in [0.2, 0.25) is 0 Å². The molecular weight excluding hydrogens is 234 g/mol. The van der Waals surface area contributed by atoms with Crippen molar-refractivity contribution in [1.82, 2.24) is 0 Å². The van der Waals surface area contributed by atoms with E-state index in [4.69, 9.17) is 10.5 Å². The smallest absolute Gasteiger partial charge is 0.188 e. The van der Waals surface area contributed by atoms with Gasteiger partial charge in [0.05, 0.1) is 6.61 Å². The van der Waals surface area contributed by atoms with Crippen molar-refractivity contribution in [1.29, 1.82) is 0 Å². The maximum Gasteiger partial charge on any atom is 0.188 e. The van der Waals surface area contributed by atoms with Crippen LogP contribution in [0.3, 0.4) is 0 Å². The summed E-state index contributed by atoms with van der Waals surface area (Å²) in [6.07, 6.45) is 2.38. The second-order valence-electron chi connectivity index (χ2n) is 4.05. The van der Waals surface area contributed by atoms with Crippen molar-refractivity contribution in [2.75, 3.05) is 6.61 Å². The number of hydrogen-bond acceptors (Lipinski definition) is 4. The number of fused-ring (bicyclic) bond motifs is 1. The highest BCUT2D eigenvalue weighted by Crippen LogP contribution is 2.34. The van der Waals surface area contributed by atoms with Gasteiger partial charge in [0.2, 0.25) is 0 Å². The molecule has 0 bridgehead atoms. The monoisotopic (exact) mass is 250 g/mol. The third-order valence-corrected chi connectivity index (χ3v) is 2.76. The Bertz CT molecular complexity index is 486. The average molecular weight is 250 g/mol. The summed E-state index contributed by atoms with van der Waals surface area (Å²) in [7, 11) is 0. The molecule has 0 amide bonds. The fourth-order valence-corrected chi connectivity index (χ4v) is 1.85. The lowest BCUT2D eigenvalue weighted by Gasteiger charge is -2.04. The summed E-state index contributed by atoms with van der Waals surface area (Å²) in [5.41, 5.74) is 8.94. The van der Waals surface area contributed by atoms with Gasteiger partial charge in [-0.1, -0.05) is 0 Å². The Kier molecular flexibility index (Phi) is 3.91. The summed E-state index contributed by atoms with van der Waals surface area (Å²) in [5, 5.41) is 9.21. The maximum atomic E-state index is 10.3. The number of amidine groups is 1. The van der Waals surface area contributed by atoms with Crippen molar-refractivity contribution in [3.63, 3.8) is 0 Å². The molecule has 0 aromatic heterocycles. The summed E-state index contributed by atoms with van der Waals surface area (Å²) in [6.45, 7) is 0.647. The minimum atomic E-state index is 0.342. The molecule has 0 atom stereocenters. The Morgan fingerprint density at radius 2 is 2.44 bits per heavy atom. The van der Waals surface area contributed by atoms with Crippen LogP contribution in [0, 0.1) is 0 Å². The summed E-state index contributed by atoms with van der Waals surface area (Å²) in [4.78, 5) is 14.5. The van der Waals surface area contributed by atoms with Gasteiger partial charge in [-0.25, -0.2) is 10.2 Å². The topological polar surface area (TPSA) is 102 Å². The number of quaternary nitrogens is 1. The molecule has 18 heavy (non-hydrogen) atoms. The Balaban J connectivity index is 2.29. The molecule has 1 aromatic rings. The van der Waals surface area contributed by atoms with Gasteiger partial charge < -0.3 is 15.3 Å². The van der Waals surface area contributed by atoms with Gasteiger partial charge >= 0.3 is 0 Å². The highest BCUT2D eigenvalue weighted by atomic mass is 16.5. The number of hydrogen-bond donors (Lipinski definition) is 3. The number of carbonyl (C=O) groups excluding carboxylic acids is 1. The molecule has 6 heteroatoms. The predicted octanol–water partition coefficient (Wildman–Crippen LogP) is 0.173. The van der Waals surface area contributed by atoms with Gasteiger partial charge in [-0.2, -0.15) is 5.48 Å². The third-order valence-electron chi connectivity index (χ3n) is 2.76. The summed E-state index contributed by atoms with van der Waals surface area (Å²) in [6, 6.07) is 3.60. The van der Waals surface area contributed by atoms with Crippen LogP contribution in [0.4, 0.5) is 11.4 Å². The molecule has 1 aliphatic heterocycles. The van der Waals surface area contributed by atoms with E-state index in [1.807, 2.05) is 6.07 Å². The molecule has 0 saturated heterocycles. The Morgan fingerprint density at radius 3 is 3.17 bits per heavy atom. The van der Waals surface area contributed by atoms with E-state index in [1.54, 1.807) is 6.07 Å². The molecule has 0 spiro atoms. The van der Waals surface area contributed by atoms with Crippen molar-refractivity contribution in [3.8, 4) is 5.75 Å². The number of aldehydes is 1. The highest BCUT2D eigenvalue weighted by molar-refractivity contribution is 5.86. The van der Waals surface area contributed by atoms with E-state index >= 15 is 0 Å². The molecule has 6 nitrogen and oxygen atoms in total. The average Bonchev–Trinajstić information content (AvgIpc) is 2.82. The Labute approximate surface area is 104 Å². The number of nitrogens with two attached hydrogens (primary N) is 2. The Morgan fingerprint density at radius 1 is 1.61 bits per heavy atom.